The van der Waals surface area contributed by atoms with Crippen molar-refractivity contribution in [2.45, 2.75) is 40.7 Å². The van der Waals surface area contributed by atoms with E-state index in [1.165, 1.54) is 7.11 Å². The summed E-state index contributed by atoms with van der Waals surface area (Å²) >= 11 is 0. The number of nitrogens with one attached hydrogen (secondary N) is 2. The molecule has 2 amide bonds. The standard InChI is InChI=1S/C12H24N2O3/c1-8(2)9(14-11(16)17-6)10(15)13-7-12(3,4)5/h8-9H,7H2,1-6H3,(H,13,15)(H,14,16). The van der Waals surface area contributed by atoms with E-state index < -0.39 is 12.1 Å². The van der Waals surface area contributed by atoms with Gasteiger partial charge in [0.15, 0.2) is 0 Å². The van der Waals surface area contributed by atoms with Gasteiger partial charge >= 0.3 is 6.09 Å². The molecule has 0 saturated heterocycles. The largest absolute Gasteiger partial charge is 0.453 e. The average molecular weight is 244 g/mol. The zero-order valence-corrected chi connectivity index (χ0v) is 11.6. The molecule has 1 atom stereocenters. The molecule has 5 nitrogen and oxygen atoms in total. The average Bonchev–Trinajstić information content (AvgIpc) is 2.20. The molecule has 100 valence electrons. The molecule has 1 unspecified atom stereocenters. The molecule has 0 saturated carbocycles. The second-order valence-corrected chi connectivity index (χ2v) is 5.64. The molecule has 0 rings (SSSR count). The van der Waals surface area contributed by atoms with Gasteiger partial charge in [0.2, 0.25) is 5.91 Å². The lowest BCUT2D eigenvalue weighted by Gasteiger charge is -2.24. The van der Waals surface area contributed by atoms with Crippen LogP contribution in [0.25, 0.3) is 0 Å². The van der Waals surface area contributed by atoms with Crippen molar-refractivity contribution in [3.05, 3.63) is 0 Å². The fourth-order valence-corrected chi connectivity index (χ4v) is 1.18. The molecule has 0 spiro atoms. The highest BCUT2D eigenvalue weighted by Gasteiger charge is 2.25. The molecule has 17 heavy (non-hydrogen) atoms. The van der Waals surface area contributed by atoms with Crippen LogP contribution in [0.5, 0.6) is 0 Å². The normalized spacial score (nSPS) is 13.1. The maximum absolute atomic E-state index is 11.9. The Kier molecular flexibility index (Phi) is 5.99. The highest BCUT2D eigenvalue weighted by molar-refractivity contribution is 5.85. The quantitative estimate of drug-likeness (QED) is 0.788. The molecule has 2 N–H and O–H groups in total. The smallest absolute Gasteiger partial charge is 0.407 e. The van der Waals surface area contributed by atoms with Crippen LogP contribution in [0.4, 0.5) is 4.79 Å². The van der Waals surface area contributed by atoms with Crippen molar-refractivity contribution in [3.63, 3.8) is 0 Å². The maximum Gasteiger partial charge on any atom is 0.407 e. The third kappa shape index (κ3) is 6.81. The lowest BCUT2D eigenvalue weighted by atomic mass is 9.96. The van der Waals surface area contributed by atoms with Crippen LogP contribution in [0, 0.1) is 11.3 Å². The molecule has 0 aliphatic rings. The Morgan fingerprint density at radius 1 is 1.24 bits per heavy atom. The summed E-state index contributed by atoms with van der Waals surface area (Å²) in [5.41, 5.74) is 0.0163. The summed E-state index contributed by atoms with van der Waals surface area (Å²) < 4.78 is 4.50. The Hall–Kier alpha value is -1.26. The topological polar surface area (TPSA) is 67.4 Å². The Morgan fingerprint density at radius 3 is 2.12 bits per heavy atom. The van der Waals surface area contributed by atoms with Gasteiger partial charge < -0.3 is 15.4 Å². The van der Waals surface area contributed by atoms with Gasteiger partial charge in [-0.05, 0) is 11.3 Å². The van der Waals surface area contributed by atoms with Gasteiger partial charge in [-0.15, -0.1) is 0 Å². The van der Waals surface area contributed by atoms with Crippen molar-refractivity contribution in [1.82, 2.24) is 10.6 Å². The van der Waals surface area contributed by atoms with E-state index in [0.717, 1.165) is 0 Å². The third-order valence-electron chi connectivity index (χ3n) is 2.20. The summed E-state index contributed by atoms with van der Waals surface area (Å²) in [6.07, 6.45) is -0.588. The van der Waals surface area contributed by atoms with E-state index in [4.69, 9.17) is 0 Å². The number of amides is 2. The number of alkyl carbamates (subject to hydrolysis) is 1. The third-order valence-corrected chi connectivity index (χ3v) is 2.20. The SMILES string of the molecule is COC(=O)NC(C(=O)NCC(C)(C)C)C(C)C. The van der Waals surface area contributed by atoms with Gasteiger partial charge in [-0.2, -0.15) is 0 Å². The van der Waals surface area contributed by atoms with E-state index in [2.05, 4.69) is 15.4 Å². The predicted octanol–water partition coefficient (Wildman–Crippen LogP) is 1.53. The van der Waals surface area contributed by atoms with Gasteiger partial charge in [-0.1, -0.05) is 34.6 Å². The van der Waals surface area contributed by atoms with Gasteiger partial charge in [0.1, 0.15) is 6.04 Å². The van der Waals surface area contributed by atoms with Gasteiger partial charge in [-0.3, -0.25) is 4.79 Å². The molecule has 0 aliphatic heterocycles. The monoisotopic (exact) mass is 244 g/mol. The summed E-state index contributed by atoms with van der Waals surface area (Å²) in [5.74, 6) is -0.172. The van der Waals surface area contributed by atoms with Crippen molar-refractivity contribution in [3.8, 4) is 0 Å². The first-order chi connectivity index (χ1) is 7.67. The number of hydrogen-bond donors (Lipinski definition) is 2. The first kappa shape index (κ1) is 15.7. The van der Waals surface area contributed by atoms with Crippen LogP contribution in [-0.2, 0) is 9.53 Å². The van der Waals surface area contributed by atoms with Gasteiger partial charge in [0.05, 0.1) is 7.11 Å². The molecule has 0 heterocycles. The van der Waals surface area contributed by atoms with Crippen LogP contribution in [0.15, 0.2) is 0 Å². The fourth-order valence-electron chi connectivity index (χ4n) is 1.18. The van der Waals surface area contributed by atoms with E-state index in [1.54, 1.807) is 0 Å². The molecule has 0 aromatic heterocycles. The highest BCUT2D eigenvalue weighted by atomic mass is 16.5. The summed E-state index contributed by atoms with van der Waals surface area (Å²) in [4.78, 5) is 23.0. The summed E-state index contributed by atoms with van der Waals surface area (Å²) in [6, 6.07) is -0.565. The summed E-state index contributed by atoms with van der Waals surface area (Å²) in [5, 5.41) is 5.35. The molecule has 5 heteroatoms. The fraction of sp³-hybridized carbons (Fsp3) is 0.833. The second kappa shape index (κ2) is 6.47. The Labute approximate surface area is 103 Å². The molecular weight excluding hydrogens is 220 g/mol. The second-order valence-electron chi connectivity index (χ2n) is 5.64. The number of rotatable bonds is 4. The zero-order valence-electron chi connectivity index (χ0n) is 11.6. The van der Waals surface area contributed by atoms with Crippen LogP contribution in [0.2, 0.25) is 0 Å². The summed E-state index contributed by atoms with van der Waals surface area (Å²) in [7, 11) is 1.28. The van der Waals surface area contributed by atoms with Crippen molar-refractivity contribution in [2.75, 3.05) is 13.7 Å². The van der Waals surface area contributed by atoms with Crippen molar-refractivity contribution in [1.29, 1.82) is 0 Å². The first-order valence-corrected chi connectivity index (χ1v) is 5.79. The Balaban J connectivity index is 4.40. The van der Waals surface area contributed by atoms with E-state index in [1.807, 2.05) is 34.6 Å². The van der Waals surface area contributed by atoms with Gasteiger partial charge in [0.25, 0.3) is 0 Å². The number of ether oxygens (including phenoxy) is 1. The van der Waals surface area contributed by atoms with Crippen LogP contribution in [0.1, 0.15) is 34.6 Å². The number of carbonyl (C=O) groups is 2. The van der Waals surface area contributed by atoms with Gasteiger partial charge in [-0.25, -0.2) is 4.79 Å². The molecule has 0 fully saturated rings. The molecule has 0 bridgehead atoms. The molecule has 0 aromatic carbocycles. The van der Waals surface area contributed by atoms with Crippen LogP contribution in [0.3, 0.4) is 0 Å². The predicted molar refractivity (Wildman–Crippen MR) is 66.6 cm³/mol. The van der Waals surface area contributed by atoms with Crippen LogP contribution in [-0.4, -0.2) is 31.7 Å². The van der Waals surface area contributed by atoms with E-state index in [-0.39, 0.29) is 17.2 Å². The lowest BCUT2D eigenvalue weighted by Crippen LogP contribution is -2.51. The first-order valence-electron chi connectivity index (χ1n) is 5.79. The molecular formula is C12H24N2O3. The molecule has 0 radical (unpaired) electrons. The summed E-state index contributed by atoms with van der Waals surface area (Å²) in [6.45, 7) is 10.4. The number of carbonyl (C=O) groups excluding carboxylic acids is 2. The van der Waals surface area contributed by atoms with Crippen molar-refractivity contribution < 1.29 is 14.3 Å². The zero-order chi connectivity index (χ0) is 13.6. The van der Waals surface area contributed by atoms with Gasteiger partial charge in [0, 0.05) is 6.54 Å². The van der Waals surface area contributed by atoms with Crippen molar-refractivity contribution in [2.24, 2.45) is 11.3 Å². The van der Waals surface area contributed by atoms with Crippen LogP contribution >= 0.6 is 0 Å². The molecule has 0 aromatic rings. The van der Waals surface area contributed by atoms with Crippen molar-refractivity contribution >= 4 is 12.0 Å². The number of hydrogen-bond acceptors (Lipinski definition) is 3. The Morgan fingerprint density at radius 2 is 1.76 bits per heavy atom. The van der Waals surface area contributed by atoms with E-state index in [9.17, 15) is 9.59 Å². The maximum atomic E-state index is 11.9. The van der Waals surface area contributed by atoms with E-state index in [0.29, 0.717) is 6.54 Å². The minimum atomic E-state index is -0.588. The highest BCUT2D eigenvalue weighted by Crippen LogP contribution is 2.11. The lowest BCUT2D eigenvalue weighted by molar-refractivity contribution is -0.124. The number of methoxy groups -OCH3 is 1. The Bertz CT molecular complexity index is 269. The minimum Gasteiger partial charge on any atom is -0.453 e. The molecule has 0 aliphatic carbocycles. The van der Waals surface area contributed by atoms with Crippen LogP contribution < -0.4 is 10.6 Å². The van der Waals surface area contributed by atoms with E-state index >= 15 is 0 Å². The minimum absolute atomic E-state index is 0.00840.